The predicted molar refractivity (Wildman–Crippen MR) is 98.7 cm³/mol. The minimum absolute atomic E-state index is 0.0569. The molecule has 9 heteroatoms. The van der Waals surface area contributed by atoms with Gasteiger partial charge in [-0.3, -0.25) is 14.2 Å². The summed E-state index contributed by atoms with van der Waals surface area (Å²) in [6, 6.07) is 6.31. The second-order valence-corrected chi connectivity index (χ2v) is 6.46. The summed E-state index contributed by atoms with van der Waals surface area (Å²) in [5.74, 6) is -0.423. The van der Waals surface area contributed by atoms with Crippen LogP contribution in [0.5, 0.6) is 0 Å². The number of nitrogens with one attached hydrogen (secondary N) is 1. The molecule has 26 heavy (non-hydrogen) atoms. The average molecular weight is 422 g/mol. The standard InChI is InChI=1S/C17H17BrFN5O2/c18-6-5-15(25)20-7-8-24-16-13(9-22-24)17(26)23(11-21-16)10-12-3-1-2-4-14(12)19/h1-4,9,11H,5-8,10H2,(H,20,25). The molecule has 1 aromatic carbocycles. The average Bonchev–Trinajstić information content (AvgIpc) is 3.03. The molecule has 0 saturated carbocycles. The van der Waals surface area contributed by atoms with E-state index in [0.717, 1.165) is 0 Å². The van der Waals surface area contributed by atoms with Gasteiger partial charge in [0.15, 0.2) is 5.65 Å². The Labute approximate surface area is 157 Å². The van der Waals surface area contributed by atoms with E-state index in [0.29, 0.717) is 41.4 Å². The molecule has 0 aliphatic rings. The third-order valence-corrected chi connectivity index (χ3v) is 4.28. The number of carbonyl (C=O) groups excluding carboxylic acids is 1. The first-order valence-corrected chi connectivity index (χ1v) is 9.19. The zero-order valence-electron chi connectivity index (χ0n) is 13.9. The second kappa shape index (κ2) is 8.22. The molecule has 0 aliphatic carbocycles. The Bertz CT molecular complexity index is 985. The van der Waals surface area contributed by atoms with Crippen LogP contribution in [0.3, 0.4) is 0 Å². The van der Waals surface area contributed by atoms with Crippen molar-refractivity contribution in [2.75, 3.05) is 11.9 Å². The lowest BCUT2D eigenvalue weighted by Gasteiger charge is -2.08. The van der Waals surface area contributed by atoms with Crippen molar-refractivity contribution in [3.05, 3.63) is 58.5 Å². The lowest BCUT2D eigenvalue weighted by Crippen LogP contribution is -2.27. The fourth-order valence-electron chi connectivity index (χ4n) is 2.56. The van der Waals surface area contributed by atoms with E-state index in [-0.39, 0.29) is 23.8 Å². The summed E-state index contributed by atoms with van der Waals surface area (Å²) < 4.78 is 16.7. The van der Waals surface area contributed by atoms with Gasteiger partial charge in [-0.2, -0.15) is 5.10 Å². The number of benzene rings is 1. The molecule has 2 aromatic heterocycles. The van der Waals surface area contributed by atoms with Crippen molar-refractivity contribution in [3.63, 3.8) is 0 Å². The molecule has 0 radical (unpaired) electrons. The Morgan fingerprint density at radius 3 is 2.88 bits per heavy atom. The molecule has 7 nitrogen and oxygen atoms in total. The highest BCUT2D eigenvalue weighted by atomic mass is 79.9. The van der Waals surface area contributed by atoms with E-state index in [1.54, 1.807) is 22.9 Å². The van der Waals surface area contributed by atoms with Crippen LogP contribution < -0.4 is 10.9 Å². The quantitative estimate of drug-likeness (QED) is 0.588. The zero-order chi connectivity index (χ0) is 18.5. The number of amides is 1. The van der Waals surface area contributed by atoms with E-state index >= 15 is 0 Å². The van der Waals surface area contributed by atoms with Crippen LogP contribution in [0.15, 0.2) is 41.6 Å². The number of nitrogens with zero attached hydrogens (tertiary/aromatic N) is 4. The number of halogens is 2. The Morgan fingerprint density at radius 2 is 2.12 bits per heavy atom. The van der Waals surface area contributed by atoms with Gasteiger partial charge >= 0.3 is 0 Å². The molecule has 136 valence electrons. The number of fused-ring (bicyclic) bond motifs is 1. The number of aromatic nitrogens is 4. The summed E-state index contributed by atoms with van der Waals surface area (Å²) in [5.41, 5.74) is 0.569. The van der Waals surface area contributed by atoms with Crippen LogP contribution in [0.2, 0.25) is 0 Å². The molecule has 0 saturated heterocycles. The molecule has 1 N–H and O–H groups in total. The van der Waals surface area contributed by atoms with Gasteiger partial charge in [-0.15, -0.1) is 0 Å². The Hall–Kier alpha value is -2.55. The Kier molecular flexibility index (Phi) is 5.77. The van der Waals surface area contributed by atoms with Crippen molar-refractivity contribution >= 4 is 32.9 Å². The van der Waals surface area contributed by atoms with Crippen molar-refractivity contribution in [1.82, 2.24) is 24.6 Å². The SMILES string of the molecule is O=C(CCBr)NCCn1ncc2c(=O)n(Cc3ccccc3F)cnc21. The van der Waals surface area contributed by atoms with Gasteiger partial charge in [-0.05, 0) is 6.07 Å². The number of hydrogen-bond donors (Lipinski definition) is 1. The summed E-state index contributed by atoms with van der Waals surface area (Å²) in [6.07, 6.45) is 3.24. The van der Waals surface area contributed by atoms with E-state index < -0.39 is 0 Å². The van der Waals surface area contributed by atoms with Crippen molar-refractivity contribution in [2.24, 2.45) is 0 Å². The number of hydrogen-bond acceptors (Lipinski definition) is 4. The molecule has 2 heterocycles. The molecular weight excluding hydrogens is 405 g/mol. The molecule has 0 atom stereocenters. The fraction of sp³-hybridized carbons (Fsp3) is 0.294. The summed E-state index contributed by atoms with van der Waals surface area (Å²) in [7, 11) is 0. The van der Waals surface area contributed by atoms with E-state index in [1.807, 2.05) is 0 Å². The van der Waals surface area contributed by atoms with E-state index in [2.05, 4.69) is 31.3 Å². The number of carbonyl (C=O) groups is 1. The topological polar surface area (TPSA) is 81.8 Å². The van der Waals surface area contributed by atoms with Gasteiger partial charge in [-0.1, -0.05) is 34.1 Å². The van der Waals surface area contributed by atoms with Gasteiger partial charge in [0.1, 0.15) is 17.5 Å². The maximum atomic E-state index is 13.8. The highest BCUT2D eigenvalue weighted by molar-refractivity contribution is 9.09. The zero-order valence-corrected chi connectivity index (χ0v) is 15.4. The molecule has 3 aromatic rings. The Morgan fingerprint density at radius 1 is 1.31 bits per heavy atom. The van der Waals surface area contributed by atoms with Crippen LogP contribution in [-0.2, 0) is 17.9 Å². The van der Waals surface area contributed by atoms with E-state index in [1.165, 1.54) is 23.2 Å². The minimum Gasteiger partial charge on any atom is -0.354 e. The summed E-state index contributed by atoms with van der Waals surface area (Å²) >= 11 is 3.21. The largest absolute Gasteiger partial charge is 0.354 e. The van der Waals surface area contributed by atoms with Crippen LogP contribution in [0.1, 0.15) is 12.0 Å². The number of rotatable bonds is 7. The van der Waals surface area contributed by atoms with Crippen molar-refractivity contribution in [3.8, 4) is 0 Å². The number of alkyl halides is 1. The fourth-order valence-corrected chi connectivity index (χ4v) is 2.92. The molecular formula is C17H17BrFN5O2. The second-order valence-electron chi connectivity index (χ2n) is 5.66. The minimum atomic E-state index is -0.366. The maximum absolute atomic E-state index is 13.8. The third-order valence-electron chi connectivity index (χ3n) is 3.89. The highest BCUT2D eigenvalue weighted by Crippen LogP contribution is 2.09. The van der Waals surface area contributed by atoms with Crippen LogP contribution >= 0.6 is 15.9 Å². The van der Waals surface area contributed by atoms with Crippen LogP contribution in [0.25, 0.3) is 11.0 Å². The Balaban J connectivity index is 1.77. The molecule has 1 amide bonds. The lowest BCUT2D eigenvalue weighted by atomic mass is 10.2. The van der Waals surface area contributed by atoms with Crippen molar-refractivity contribution in [2.45, 2.75) is 19.5 Å². The van der Waals surface area contributed by atoms with Gasteiger partial charge in [0.05, 0.1) is 19.3 Å². The van der Waals surface area contributed by atoms with Crippen molar-refractivity contribution < 1.29 is 9.18 Å². The predicted octanol–water partition coefficient (Wildman–Crippen LogP) is 1.68. The molecule has 0 fully saturated rings. The van der Waals surface area contributed by atoms with Gasteiger partial charge < -0.3 is 5.32 Å². The van der Waals surface area contributed by atoms with Crippen molar-refractivity contribution in [1.29, 1.82) is 0 Å². The van der Waals surface area contributed by atoms with Gasteiger partial charge in [0.25, 0.3) is 5.56 Å². The lowest BCUT2D eigenvalue weighted by molar-refractivity contribution is -0.120. The van der Waals surface area contributed by atoms with Crippen LogP contribution in [-0.4, -0.2) is 37.1 Å². The van der Waals surface area contributed by atoms with Gasteiger partial charge in [0, 0.05) is 23.9 Å². The first kappa shape index (κ1) is 18.2. The first-order chi connectivity index (χ1) is 12.6. The summed E-state index contributed by atoms with van der Waals surface area (Å²) in [6.45, 7) is 0.895. The van der Waals surface area contributed by atoms with Gasteiger partial charge in [-0.25, -0.2) is 14.1 Å². The monoisotopic (exact) mass is 421 g/mol. The molecule has 0 aliphatic heterocycles. The van der Waals surface area contributed by atoms with Crippen LogP contribution in [0.4, 0.5) is 4.39 Å². The highest BCUT2D eigenvalue weighted by Gasteiger charge is 2.11. The molecule has 3 rings (SSSR count). The maximum Gasteiger partial charge on any atom is 0.264 e. The van der Waals surface area contributed by atoms with Gasteiger partial charge in [0.2, 0.25) is 5.91 Å². The molecule has 0 spiro atoms. The first-order valence-electron chi connectivity index (χ1n) is 8.07. The smallest absolute Gasteiger partial charge is 0.264 e. The van der Waals surface area contributed by atoms with Crippen LogP contribution in [0, 0.1) is 5.82 Å². The summed E-state index contributed by atoms with van der Waals surface area (Å²) in [5, 5.41) is 7.90. The third kappa shape index (κ3) is 3.98. The molecule has 0 unspecified atom stereocenters. The van der Waals surface area contributed by atoms with E-state index in [4.69, 9.17) is 0 Å². The molecule has 0 bridgehead atoms. The summed E-state index contributed by atoms with van der Waals surface area (Å²) in [4.78, 5) is 28.3. The normalized spacial score (nSPS) is 11.0. The van der Waals surface area contributed by atoms with E-state index in [9.17, 15) is 14.0 Å².